The average Bonchev–Trinajstić information content (AvgIpc) is 2.97. The van der Waals surface area contributed by atoms with Gasteiger partial charge in [-0.25, -0.2) is 12.8 Å². The zero-order valence-electron chi connectivity index (χ0n) is 12.6. The third-order valence-corrected chi connectivity index (χ3v) is 5.39. The van der Waals surface area contributed by atoms with Gasteiger partial charge in [-0.05, 0) is 31.2 Å². The molecule has 0 aliphatic heterocycles. The fourth-order valence-corrected chi connectivity index (χ4v) is 3.58. The third-order valence-electron chi connectivity index (χ3n) is 2.91. The Bertz CT molecular complexity index is 860. The summed E-state index contributed by atoms with van der Waals surface area (Å²) in [4.78, 5) is 24.2. The van der Waals surface area contributed by atoms with Crippen LogP contribution in [-0.4, -0.2) is 33.3 Å². The Balaban J connectivity index is 1.87. The number of halogens is 1. The number of hydrogen-bond donors (Lipinski definition) is 1. The number of nitrogens with one attached hydrogen (secondary N) is 1. The Morgan fingerprint density at radius 2 is 1.92 bits per heavy atom. The van der Waals surface area contributed by atoms with Gasteiger partial charge in [0.25, 0.3) is 0 Å². The summed E-state index contributed by atoms with van der Waals surface area (Å²) in [5, 5.41) is 0. The maximum atomic E-state index is 13.5. The van der Waals surface area contributed by atoms with E-state index in [1.54, 1.807) is 12.1 Å². The van der Waals surface area contributed by atoms with Crippen molar-refractivity contribution < 1.29 is 27.1 Å². The molecule has 128 valence electrons. The molecule has 0 atom stereocenters. The topological polar surface area (TPSA) is 89.5 Å². The van der Waals surface area contributed by atoms with Gasteiger partial charge in [-0.3, -0.25) is 9.59 Å². The van der Waals surface area contributed by atoms with Gasteiger partial charge in [-0.1, -0.05) is 12.1 Å². The van der Waals surface area contributed by atoms with Gasteiger partial charge in [0.2, 0.25) is 15.8 Å². The average molecular weight is 371 g/mol. The number of sulfonamides is 1. The van der Waals surface area contributed by atoms with Gasteiger partial charge in [-0.2, -0.15) is 4.72 Å². The Morgan fingerprint density at radius 1 is 1.21 bits per heavy atom. The first-order valence-electron chi connectivity index (χ1n) is 6.79. The van der Waals surface area contributed by atoms with Crippen LogP contribution >= 0.6 is 11.3 Å². The van der Waals surface area contributed by atoms with E-state index in [1.165, 1.54) is 23.5 Å². The van der Waals surface area contributed by atoms with Gasteiger partial charge >= 0.3 is 5.97 Å². The van der Waals surface area contributed by atoms with Gasteiger partial charge in [0.1, 0.15) is 17.3 Å². The van der Waals surface area contributed by atoms with Crippen LogP contribution in [0.3, 0.4) is 0 Å². The van der Waals surface area contributed by atoms with E-state index in [1.807, 2.05) is 11.6 Å². The summed E-state index contributed by atoms with van der Waals surface area (Å²) < 4.78 is 43.9. The van der Waals surface area contributed by atoms with Gasteiger partial charge in [0.15, 0.2) is 6.61 Å². The fourth-order valence-electron chi connectivity index (χ4n) is 1.75. The lowest BCUT2D eigenvalue weighted by Crippen LogP contribution is -2.32. The molecule has 0 spiro atoms. The molecule has 24 heavy (non-hydrogen) atoms. The van der Waals surface area contributed by atoms with Crippen LogP contribution in [0.2, 0.25) is 0 Å². The number of esters is 1. The standard InChI is InChI=1S/C15H14FNO5S2/c1-10-6-7-13(23-10)12(18)9-22-15(19)8-17-24(20,21)14-5-3-2-4-11(14)16/h2-7,17H,8-9H2,1H3. The molecule has 1 aromatic carbocycles. The highest BCUT2D eigenvalue weighted by molar-refractivity contribution is 7.89. The number of thiophene rings is 1. The largest absolute Gasteiger partial charge is 0.456 e. The number of Topliss-reactive ketones (excluding diaryl/α,β-unsaturated/α-hetero) is 1. The highest BCUT2D eigenvalue weighted by Crippen LogP contribution is 2.15. The second-order valence-electron chi connectivity index (χ2n) is 4.75. The number of ketones is 1. The summed E-state index contributed by atoms with van der Waals surface area (Å²) in [7, 11) is -4.18. The molecule has 1 aromatic heterocycles. The summed E-state index contributed by atoms with van der Waals surface area (Å²) in [6, 6.07) is 8.16. The van der Waals surface area contributed by atoms with E-state index in [9.17, 15) is 22.4 Å². The van der Waals surface area contributed by atoms with E-state index in [-0.39, 0.29) is 5.78 Å². The number of rotatable bonds is 7. The van der Waals surface area contributed by atoms with Crippen molar-refractivity contribution in [3.8, 4) is 0 Å². The molecule has 0 bridgehead atoms. The minimum absolute atomic E-state index is 0.376. The first-order chi connectivity index (χ1) is 11.3. The minimum atomic E-state index is -4.18. The zero-order valence-corrected chi connectivity index (χ0v) is 14.2. The van der Waals surface area contributed by atoms with Crippen molar-refractivity contribution in [1.82, 2.24) is 4.72 Å². The second kappa shape index (κ2) is 7.65. The molecule has 9 heteroatoms. The van der Waals surface area contributed by atoms with E-state index in [2.05, 4.69) is 0 Å². The van der Waals surface area contributed by atoms with E-state index in [4.69, 9.17) is 4.74 Å². The summed E-state index contributed by atoms with van der Waals surface area (Å²) >= 11 is 1.27. The van der Waals surface area contributed by atoms with Crippen molar-refractivity contribution >= 4 is 33.1 Å². The quantitative estimate of drug-likeness (QED) is 0.593. The van der Waals surface area contributed by atoms with Gasteiger partial charge in [0.05, 0.1) is 4.88 Å². The Kier molecular flexibility index (Phi) is 5.81. The van der Waals surface area contributed by atoms with E-state index in [0.29, 0.717) is 4.88 Å². The van der Waals surface area contributed by atoms with Crippen molar-refractivity contribution in [3.05, 3.63) is 52.0 Å². The summed E-state index contributed by atoms with van der Waals surface area (Å²) in [6.45, 7) is 0.651. The Morgan fingerprint density at radius 3 is 2.54 bits per heavy atom. The fraction of sp³-hybridized carbons (Fsp3) is 0.200. The monoisotopic (exact) mass is 371 g/mol. The van der Waals surface area contributed by atoms with Crippen molar-refractivity contribution in [2.75, 3.05) is 13.2 Å². The molecule has 0 unspecified atom stereocenters. The summed E-state index contributed by atoms with van der Waals surface area (Å²) in [5.41, 5.74) is 0. The molecule has 0 aliphatic rings. The number of ether oxygens (including phenoxy) is 1. The molecule has 1 N–H and O–H groups in total. The second-order valence-corrected chi connectivity index (χ2v) is 7.77. The first kappa shape index (κ1) is 18.2. The molecule has 0 fully saturated rings. The number of benzene rings is 1. The smallest absolute Gasteiger partial charge is 0.321 e. The maximum Gasteiger partial charge on any atom is 0.321 e. The SMILES string of the molecule is Cc1ccc(C(=O)COC(=O)CNS(=O)(=O)c2ccccc2F)s1. The highest BCUT2D eigenvalue weighted by Gasteiger charge is 2.20. The lowest BCUT2D eigenvalue weighted by Gasteiger charge is -2.07. The highest BCUT2D eigenvalue weighted by atomic mass is 32.2. The zero-order chi connectivity index (χ0) is 17.7. The van der Waals surface area contributed by atoms with E-state index in [0.717, 1.165) is 17.0 Å². The molecular formula is C15H14FNO5S2. The molecular weight excluding hydrogens is 357 g/mol. The number of hydrogen-bond acceptors (Lipinski definition) is 6. The van der Waals surface area contributed by atoms with Crippen LogP contribution in [0.5, 0.6) is 0 Å². The lowest BCUT2D eigenvalue weighted by molar-refractivity contribution is -0.141. The van der Waals surface area contributed by atoms with Gasteiger partial charge in [0, 0.05) is 4.88 Å². The van der Waals surface area contributed by atoms with Crippen LogP contribution in [0.15, 0.2) is 41.3 Å². The third kappa shape index (κ3) is 4.70. The van der Waals surface area contributed by atoms with Crippen molar-refractivity contribution in [2.45, 2.75) is 11.8 Å². The predicted molar refractivity (Wildman–Crippen MR) is 85.9 cm³/mol. The molecule has 0 saturated heterocycles. The predicted octanol–water partition coefficient (Wildman–Crippen LogP) is 1.90. The molecule has 6 nitrogen and oxygen atoms in total. The lowest BCUT2D eigenvalue weighted by atomic mass is 10.3. The molecule has 2 rings (SSSR count). The Hall–Kier alpha value is -2.10. The maximum absolute atomic E-state index is 13.5. The van der Waals surface area contributed by atoms with Crippen molar-refractivity contribution in [1.29, 1.82) is 0 Å². The van der Waals surface area contributed by atoms with E-state index >= 15 is 0 Å². The van der Waals surface area contributed by atoms with Crippen LogP contribution in [0.1, 0.15) is 14.5 Å². The summed E-state index contributed by atoms with van der Waals surface area (Å²) in [5.74, 6) is -2.24. The minimum Gasteiger partial charge on any atom is -0.456 e. The van der Waals surface area contributed by atoms with Crippen LogP contribution in [0.4, 0.5) is 4.39 Å². The number of aryl methyl sites for hydroxylation is 1. The van der Waals surface area contributed by atoms with Crippen LogP contribution in [-0.2, 0) is 19.6 Å². The van der Waals surface area contributed by atoms with Crippen molar-refractivity contribution in [2.24, 2.45) is 0 Å². The number of carbonyl (C=O) groups excluding carboxylic acids is 2. The Labute approximate surface area is 142 Å². The summed E-state index contributed by atoms with van der Waals surface area (Å²) in [6.07, 6.45) is 0. The molecule has 0 radical (unpaired) electrons. The van der Waals surface area contributed by atoms with Gasteiger partial charge < -0.3 is 4.74 Å². The van der Waals surface area contributed by atoms with Crippen molar-refractivity contribution in [3.63, 3.8) is 0 Å². The molecule has 0 aliphatic carbocycles. The van der Waals surface area contributed by atoms with Crippen LogP contribution in [0, 0.1) is 12.7 Å². The molecule has 2 aromatic rings. The van der Waals surface area contributed by atoms with Crippen LogP contribution < -0.4 is 4.72 Å². The number of carbonyl (C=O) groups is 2. The molecule has 0 saturated carbocycles. The molecule has 0 amide bonds. The normalized spacial score (nSPS) is 11.2. The first-order valence-corrected chi connectivity index (χ1v) is 9.09. The van der Waals surface area contributed by atoms with Gasteiger partial charge in [-0.15, -0.1) is 11.3 Å². The van der Waals surface area contributed by atoms with E-state index < -0.39 is 39.9 Å². The van der Waals surface area contributed by atoms with Crippen LogP contribution in [0.25, 0.3) is 0 Å². The molecule has 1 heterocycles.